The maximum atomic E-state index is 10.3. The van der Waals surface area contributed by atoms with Gasteiger partial charge in [0.2, 0.25) is 0 Å². The van der Waals surface area contributed by atoms with E-state index >= 15 is 0 Å². The van der Waals surface area contributed by atoms with Gasteiger partial charge in [-0.15, -0.1) is 0 Å². The Kier molecular flexibility index (Phi) is 3.51. The van der Waals surface area contributed by atoms with Gasteiger partial charge in [-0.2, -0.15) is 0 Å². The van der Waals surface area contributed by atoms with Crippen LogP contribution in [0.4, 0.5) is 0 Å². The molecular formula is C13H27BO3. The molecule has 0 saturated heterocycles. The van der Waals surface area contributed by atoms with Gasteiger partial charge in [0, 0.05) is 5.31 Å². The first kappa shape index (κ1) is 15.0. The molecule has 2 N–H and O–H groups in total. The van der Waals surface area contributed by atoms with Crippen molar-refractivity contribution in [2.75, 3.05) is 0 Å². The summed E-state index contributed by atoms with van der Waals surface area (Å²) in [5.41, 5.74) is -1.74. The lowest BCUT2D eigenvalue weighted by atomic mass is 9.55. The summed E-state index contributed by atoms with van der Waals surface area (Å²) >= 11 is 0. The van der Waals surface area contributed by atoms with E-state index in [0.717, 1.165) is 12.8 Å². The van der Waals surface area contributed by atoms with Crippen molar-refractivity contribution in [3.8, 4) is 0 Å². The Balaban J connectivity index is 2.78. The molecule has 100 valence electrons. The quantitative estimate of drug-likeness (QED) is 0.745. The Hall–Kier alpha value is -0.0551. The van der Waals surface area contributed by atoms with Crippen molar-refractivity contribution in [1.82, 2.24) is 0 Å². The number of rotatable bonds is 4. The maximum Gasteiger partial charge on any atom is 0.461 e. The van der Waals surface area contributed by atoms with E-state index in [4.69, 9.17) is 4.65 Å². The summed E-state index contributed by atoms with van der Waals surface area (Å²) < 4.78 is 5.76. The van der Waals surface area contributed by atoms with Crippen LogP contribution in [-0.2, 0) is 4.65 Å². The van der Waals surface area contributed by atoms with Crippen LogP contribution >= 0.6 is 0 Å². The van der Waals surface area contributed by atoms with Gasteiger partial charge in [0.1, 0.15) is 0 Å². The van der Waals surface area contributed by atoms with Gasteiger partial charge in [0.15, 0.2) is 0 Å². The summed E-state index contributed by atoms with van der Waals surface area (Å²) in [7, 11) is -0.816. The monoisotopic (exact) mass is 242 g/mol. The summed E-state index contributed by atoms with van der Waals surface area (Å²) in [6.07, 6.45) is 1.97. The molecule has 1 aliphatic carbocycles. The van der Waals surface area contributed by atoms with E-state index in [1.165, 1.54) is 0 Å². The van der Waals surface area contributed by atoms with Crippen LogP contribution < -0.4 is 0 Å². The normalized spacial score (nSPS) is 20.3. The summed E-state index contributed by atoms with van der Waals surface area (Å²) in [6.45, 7) is 13.4. The van der Waals surface area contributed by atoms with Crippen molar-refractivity contribution in [1.29, 1.82) is 0 Å². The number of hydrogen-bond donors (Lipinski definition) is 2. The van der Waals surface area contributed by atoms with Crippen LogP contribution in [0.5, 0.6) is 0 Å². The molecule has 0 radical (unpaired) electrons. The first-order chi connectivity index (χ1) is 7.33. The highest BCUT2D eigenvalue weighted by Crippen LogP contribution is 2.67. The van der Waals surface area contributed by atoms with Crippen molar-refractivity contribution in [2.24, 2.45) is 5.41 Å². The molecule has 0 aromatic heterocycles. The molecule has 0 spiro atoms. The molecule has 1 saturated carbocycles. The fourth-order valence-corrected chi connectivity index (χ4v) is 2.04. The Morgan fingerprint density at radius 1 is 1.00 bits per heavy atom. The average Bonchev–Trinajstić information content (AvgIpc) is 2.77. The van der Waals surface area contributed by atoms with Gasteiger partial charge in [0.05, 0.1) is 11.2 Å². The zero-order valence-corrected chi connectivity index (χ0v) is 12.3. The van der Waals surface area contributed by atoms with Crippen molar-refractivity contribution >= 4 is 7.12 Å². The van der Waals surface area contributed by atoms with Crippen molar-refractivity contribution in [2.45, 2.75) is 77.8 Å². The van der Waals surface area contributed by atoms with E-state index in [1.807, 2.05) is 13.8 Å². The third-order valence-corrected chi connectivity index (χ3v) is 4.63. The second-order valence-electron chi connectivity index (χ2n) is 7.45. The molecule has 0 heterocycles. The molecule has 0 aromatic carbocycles. The van der Waals surface area contributed by atoms with Crippen molar-refractivity contribution in [3.63, 3.8) is 0 Å². The fourth-order valence-electron chi connectivity index (χ4n) is 2.04. The lowest BCUT2D eigenvalue weighted by Crippen LogP contribution is -2.52. The Morgan fingerprint density at radius 3 is 1.65 bits per heavy atom. The van der Waals surface area contributed by atoms with Gasteiger partial charge in [-0.3, -0.25) is 0 Å². The highest BCUT2D eigenvalue weighted by atomic mass is 16.6. The van der Waals surface area contributed by atoms with Gasteiger partial charge < -0.3 is 14.8 Å². The minimum Gasteiger partial charge on any atom is -0.427 e. The van der Waals surface area contributed by atoms with Crippen LogP contribution in [0.25, 0.3) is 0 Å². The maximum absolute atomic E-state index is 10.3. The second-order valence-corrected chi connectivity index (χ2v) is 7.45. The van der Waals surface area contributed by atoms with E-state index in [9.17, 15) is 10.1 Å². The summed E-state index contributed by atoms with van der Waals surface area (Å²) in [6, 6.07) is 0. The van der Waals surface area contributed by atoms with E-state index in [0.29, 0.717) is 0 Å². The number of hydrogen-bond acceptors (Lipinski definition) is 3. The molecule has 0 aliphatic heterocycles. The van der Waals surface area contributed by atoms with E-state index < -0.39 is 18.3 Å². The second kappa shape index (κ2) is 3.97. The van der Waals surface area contributed by atoms with Gasteiger partial charge >= 0.3 is 7.12 Å². The third kappa shape index (κ3) is 2.69. The molecule has 4 heteroatoms. The topological polar surface area (TPSA) is 49.7 Å². The smallest absolute Gasteiger partial charge is 0.427 e. The molecule has 0 amide bonds. The minimum absolute atomic E-state index is 0.0160. The lowest BCUT2D eigenvalue weighted by Gasteiger charge is -2.42. The standard InChI is InChI=1S/C13H27BO3/c1-10(2,3)13(8-9-13)14(16)17-12(6,7)11(4,5)15/h15-16H,8-9H2,1-7H3. The first-order valence-corrected chi connectivity index (χ1v) is 6.42. The molecule has 1 fully saturated rings. The molecule has 3 nitrogen and oxygen atoms in total. The molecular weight excluding hydrogens is 215 g/mol. The predicted molar refractivity (Wildman–Crippen MR) is 70.8 cm³/mol. The first-order valence-electron chi connectivity index (χ1n) is 6.42. The molecule has 1 rings (SSSR count). The Labute approximate surface area is 106 Å². The van der Waals surface area contributed by atoms with Gasteiger partial charge in [-0.1, -0.05) is 20.8 Å². The summed E-state index contributed by atoms with van der Waals surface area (Å²) in [5.74, 6) is 0. The third-order valence-electron chi connectivity index (χ3n) is 4.63. The van der Waals surface area contributed by atoms with Crippen LogP contribution in [0.1, 0.15) is 61.3 Å². The van der Waals surface area contributed by atoms with Crippen molar-refractivity contribution < 1.29 is 14.8 Å². The van der Waals surface area contributed by atoms with Crippen LogP contribution in [0.15, 0.2) is 0 Å². The molecule has 0 aromatic rings. The molecule has 17 heavy (non-hydrogen) atoms. The Morgan fingerprint density at radius 2 is 1.41 bits per heavy atom. The fraction of sp³-hybridized carbons (Fsp3) is 1.00. The van der Waals surface area contributed by atoms with E-state index in [-0.39, 0.29) is 10.7 Å². The van der Waals surface area contributed by atoms with Gasteiger partial charge in [-0.05, 0) is 46.0 Å². The Bertz CT molecular complexity index is 282. The zero-order chi connectivity index (χ0) is 13.7. The largest absolute Gasteiger partial charge is 0.461 e. The minimum atomic E-state index is -0.984. The van der Waals surface area contributed by atoms with Crippen LogP contribution in [0.2, 0.25) is 5.31 Å². The van der Waals surface area contributed by atoms with Gasteiger partial charge in [-0.25, -0.2) is 0 Å². The predicted octanol–water partition coefficient (Wildman–Crippen LogP) is 2.61. The van der Waals surface area contributed by atoms with Gasteiger partial charge in [0.25, 0.3) is 0 Å². The van der Waals surface area contributed by atoms with Crippen LogP contribution in [-0.4, -0.2) is 28.5 Å². The molecule has 1 aliphatic rings. The SMILES string of the molecule is CC(C)(C)C1(B(O)OC(C)(C)C(C)(C)O)CC1. The van der Waals surface area contributed by atoms with Crippen LogP contribution in [0, 0.1) is 5.41 Å². The molecule has 0 unspecified atom stereocenters. The highest BCUT2D eigenvalue weighted by molar-refractivity contribution is 6.49. The molecule has 0 bridgehead atoms. The summed E-state index contributed by atoms with van der Waals surface area (Å²) in [5, 5.41) is 20.2. The lowest BCUT2D eigenvalue weighted by molar-refractivity contribution is -0.103. The molecule has 0 atom stereocenters. The zero-order valence-electron chi connectivity index (χ0n) is 12.3. The van der Waals surface area contributed by atoms with Crippen molar-refractivity contribution in [3.05, 3.63) is 0 Å². The van der Waals surface area contributed by atoms with E-state index in [1.54, 1.807) is 13.8 Å². The average molecular weight is 242 g/mol. The number of aliphatic hydroxyl groups is 1. The highest BCUT2D eigenvalue weighted by Gasteiger charge is 2.62. The van der Waals surface area contributed by atoms with E-state index in [2.05, 4.69) is 20.8 Å². The van der Waals surface area contributed by atoms with Crippen LogP contribution in [0.3, 0.4) is 0 Å². The summed E-state index contributed by atoms with van der Waals surface area (Å²) in [4.78, 5) is 0.